The van der Waals surface area contributed by atoms with Crippen molar-refractivity contribution < 1.29 is 79.8 Å². The number of halogens is 4. The zero-order chi connectivity index (χ0) is 85.7. The second-order valence-electron chi connectivity index (χ2n) is 27.1. The van der Waals surface area contributed by atoms with Gasteiger partial charge in [0.2, 0.25) is 0 Å². The van der Waals surface area contributed by atoms with E-state index in [1.165, 1.54) is 69.2 Å². The summed E-state index contributed by atoms with van der Waals surface area (Å²) in [4.78, 5) is 58.0. The van der Waals surface area contributed by atoms with Gasteiger partial charge in [0.25, 0.3) is 0 Å². The second-order valence-corrected chi connectivity index (χ2v) is 27.1. The van der Waals surface area contributed by atoms with Crippen LogP contribution in [0.5, 0.6) is 17.2 Å². The molecule has 616 valence electrons. The van der Waals surface area contributed by atoms with Gasteiger partial charge in [-0.2, -0.15) is 38.7 Å². The van der Waals surface area contributed by atoms with E-state index in [0.717, 1.165) is 94.8 Å². The Morgan fingerprint density at radius 2 is 0.623 bits per heavy atom. The molecule has 0 spiro atoms. The molecule has 0 saturated heterocycles. The fourth-order valence-electron chi connectivity index (χ4n) is 13.4. The first-order valence-electron chi connectivity index (χ1n) is 38.2. The molecule has 0 aliphatic rings. The molecule has 0 amide bonds. The van der Waals surface area contributed by atoms with Gasteiger partial charge in [0.15, 0.2) is 0 Å². The van der Waals surface area contributed by atoms with Gasteiger partial charge in [-0.1, -0.05) is 206 Å². The third-order valence-electron chi connectivity index (χ3n) is 19.3. The van der Waals surface area contributed by atoms with Crippen LogP contribution in [0.4, 0.5) is 17.6 Å². The SMILES string of the molecule is COC(=O)Cn1nc(-c2ccc(OCc3ccccc3)cc2)c2ccccc21.COC(=O)Cn1nc(-c2cccc(OCc3ccccc3)c2)c2ccccc21.COC(=O)Cn1nc(-c2ccccc2C(F)(F)F)c2ccccc21.COC(=O)Cn1nc(-c2ccccc2F)c2ccccc21.COC(=O)Cn1nc(-c2ccccc2O)c2ccccc21. The smallest absolute Gasteiger partial charge is 0.417 e. The van der Waals surface area contributed by atoms with Gasteiger partial charge in [0.05, 0.1) is 68.7 Å². The largest absolute Gasteiger partial charge is 0.507 e. The maximum absolute atomic E-state index is 14.0. The summed E-state index contributed by atoms with van der Waals surface area (Å²) in [5.41, 5.74) is 11.3. The predicted octanol–water partition coefficient (Wildman–Crippen LogP) is 18.4. The Morgan fingerprint density at radius 1 is 0.311 bits per heavy atom. The highest BCUT2D eigenvalue weighted by molar-refractivity contribution is 5.99. The van der Waals surface area contributed by atoms with E-state index in [0.29, 0.717) is 46.6 Å². The minimum absolute atomic E-state index is 0.00847. The van der Waals surface area contributed by atoms with Gasteiger partial charge in [0.1, 0.15) is 97.5 Å². The first kappa shape index (κ1) is 84.4. The summed E-state index contributed by atoms with van der Waals surface area (Å²) in [7, 11) is 6.67. The summed E-state index contributed by atoms with van der Waals surface area (Å²) < 4.78 is 97.1. The van der Waals surface area contributed by atoms with Gasteiger partial charge in [-0.25, -0.2) is 4.39 Å². The molecule has 12 aromatic carbocycles. The van der Waals surface area contributed by atoms with E-state index in [-0.39, 0.29) is 73.5 Å². The minimum atomic E-state index is -4.50. The van der Waals surface area contributed by atoms with Crippen molar-refractivity contribution in [3.05, 3.63) is 326 Å². The Hall–Kier alpha value is -15.5. The quantitative estimate of drug-likeness (QED) is 0.0398. The Bertz CT molecular complexity index is 6390. The molecule has 5 heterocycles. The normalized spacial score (nSPS) is 10.9. The number of methoxy groups -OCH3 is 5. The number of hydrogen-bond acceptors (Lipinski definition) is 18. The number of benzene rings is 12. The van der Waals surface area contributed by atoms with Crippen molar-refractivity contribution in [3.8, 4) is 73.5 Å². The Morgan fingerprint density at radius 3 is 1.02 bits per heavy atom. The predicted molar refractivity (Wildman–Crippen MR) is 454 cm³/mol. The highest BCUT2D eigenvalue weighted by atomic mass is 19.4. The molecule has 5 aromatic heterocycles. The number of alkyl halides is 3. The van der Waals surface area contributed by atoms with Gasteiger partial charge in [-0.3, -0.25) is 47.4 Å². The van der Waals surface area contributed by atoms with Crippen molar-refractivity contribution in [2.75, 3.05) is 35.5 Å². The van der Waals surface area contributed by atoms with E-state index in [4.69, 9.17) is 23.7 Å². The van der Waals surface area contributed by atoms with Gasteiger partial charge < -0.3 is 38.3 Å². The zero-order valence-corrected chi connectivity index (χ0v) is 66.6. The van der Waals surface area contributed by atoms with E-state index in [2.05, 4.69) is 35.0 Å². The minimum Gasteiger partial charge on any atom is -0.507 e. The van der Waals surface area contributed by atoms with Crippen LogP contribution in [0.3, 0.4) is 0 Å². The highest BCUT2D eigenvalue weighted by Gasteiger charge is 2.35. The zero-order valence-electron chi connectivity index (χ0n) is 66.6. The van der Waals surface area contributed by atoms with Crippen molar-refractivity contribution in [2.45, 2.75) is 52.1 Å². The standard InChI is InChI=1S/2C23H20N2O3.C17H13F3N2O2.C16H13FN2O2.C16H14N2O3/c1-27-22(26)15-25-21-13-6-5-12-20(21)23(24-25)18-10-7-11-19(14-18)28-16-17-8-3-2-4-9-17;1-27-22(26)15-25-21-10-6-5-9-20(21)23(24-25)18-11-13-19(14-12-18)28-16-17-7-3-2-4-8-17;1-24-15(23)10-22-14-9-5-3-7-12(14)16(21-22)11-6-2-4-8-13(11)17(18,19)20;1-21-15(20)10-19-14-9-5-3-7-12(14)16(18-19)11-6-2-4-8-13(11)17;1-21-15(20)10-18-13-8-4-2-6-11(13)16(17-18)12-7-3-5-9-14(12)19/h2*2-14H,15-16H2,1H3;2-9H,10H2,1H3;2-9H,10H2,1H3;2-9,19H,10H2,1H3. The lowest BCUT2D eigenvalue weighted by Gasteiger charge is -2.11. The molecule has 23 nitrogen and oxygen atoms in total. The highest BCUT2D eigenvalue weighted by Crippen LogP contribution is 2.41. The molecule has 0 fully saturated rings. The summed E-state index contributed by atoms with van der Waals surface area (Å²) in [6.45, 7) is 1.02. The summed E-state index contributed by atoms with van der Waals surface area (Å²) >= 11 is 0. The summed E-state index contributed by atoms with van der Waals surface area (Å²) in [6.07, 6.45) is -4.50. The van der Waals surface area contributed by atoms with E-state index in [9.17, 15) is 46.6 Å². The Labute approximate surface area is 696 Å². The first-order valence-corrected chi connectivity index (χ1v) is 38.2. The lowest BCUT2D eigenvalue weighted by atomic mass is 10.0. The average Bonchev–Trinajstić information content (AvgIpc) is 1.61. The lowest BCUT2D eigenvalue weighted by molar-refractivity contribution is -0.142. The molecular weight excluding hydrogens is 1570 g/mol. The number of carbonyl (C=O) groups excluding carboxylic acids is 5. The fraction of sp³-hybridized carbons (Fsp3) is 0.137. The van der Waals surface area contributed by atoms with Crippen LogP contribution in [0.15, 0.2) is 303 Å². The number of nitrogens with zero attached hydrogens (tertiary/aromatic N) is 10. The molecule has 0 unspecified atom stereocenters. The molecule has 27 heteroatoms. The monoisotopic (exact) mass is 1640 g/mol. The number of esters is 5. The molecule has 0 atom stereocenters. The van der Waals surface area contributed by atoms with Gasteiger partial charge in [-0.05, 0) is 108 Å². The van der Waals surface area contributed by atoms with Crippen LogP contribution in [0.2, 0.25) is 0 Å². The molecular formula is C95H80F4N10O13. The number of fused-ring (bicyclic) bond motifs is 5. The molecule has 17 aromatic rings. The third kappa shape index (κ3) is 20.3. The van der Waals surface area contributed by atoms with Crippen LogP contribution in [0, 0.1) is 5.82 Å². The van der Waals surface area contributed by atoms with Crippen LogP contribution >= 0.6 is 0 Å². The van der Waals surface area contributed by atoms with E-state index in [1.54, 1.807) is 74.7 Å². The van der Waals surface area contributed by atoms with E-state index < -0.39 is 23.7 Å². The van der Waals surface area contributed by atoms with Gasteiger partial charge >= 0.3 is 36.0 Å². The van der Waals surface area contributed by atoms with E-state index >= 15 is 0 Å². The van der Waals surface area contributed by atoms with Crippen LogP contribution in [-0.4, -0.2) is 119 Å². The number of rotatable bonds is 21. The van der Waals surface area contributed by atoms with Crippen molar-refractivity contribution in [3.63, 3.8) is 0 Å². The Balaban J connectivity index is 0.000000132. The third-order valence-corrected chi connectivity index (χ3v) is 19.3. The lowest BCUT2D eigenvalue weighted by Crippen LogP contribution is -2.12. The maximum atomic E-state index is 14.0. The molecule has 0 radical (unpaired) electrons. The summed E-state index contributed by atoms with van der Waals surface area (Å²) in [5, 5.41) is 36.6. The number of carbonyl (C=O) groups is 5. The first-order chi connectivity index (χ1) is 59.3. The number of ether oxygens (including phenoxy) is 7. The van der Waals surface area contributed by atoms with Crippen LogP contribution in [0.25, 0.3) is 111 Å². The molecule has 0 aliphatic heterocycles. The van der Waals surface area contributed by atoms with Crippen LogP contribution in [0.1, 0.15) is 16.7 Å². The maximum Gasteiger partial charge on any atom is 0.417 e. The van der Waals surface area contributed by atoms with Crippen molar-refractivity contribution >= 4 is 84.4 Å². The number of hydrogen-bond donors (Lipinski definition) is 1. The topological polar surface area (TPSA) is 259 Å². The molecule has 1 N–H and O–H groups in total. The van der Waals surface area contributed by atoms with E-state index in [1.807, 2.05) is 212 Å². The number of aromatic hydroxyl groups is 1. The number of phenols is 1. The van der Waals surface area contributed by atoms with Crippen molar-refractivity contribution in [2.24, 2.45) is 0 Å². The van der Waals surface area contributed by atoms with Gasteiger partial charge in [-0.15, -0.1) is 0 Å². The molecule has 0 bridgehead atoms. The average molecular weight is 1650 g/mol. The summed E-state index contributed by atoms with van der Waals surface area (Å²) in [5.74, 6) is -0.575. The molecule has 122 heavy (non-hydrogen) atoms. The van der Waals surface area contributed by atoms with Crippen LogP contribution < -0.4 is 9.47 Å². The van der Waals surface area contributed by atoms with Crippen molar-refractivity contribution in [1.82, 2.24) is 48.9 Å². The second kappa shape index (κ2) is 39.6. The Kier molecular flexibility index (Phi) is 27.4. The molecule has 0 saturated carbocycles. The fourth-order valence-corrected chi connectivity index (χ4v) is 13.4. The van der Waals surface area contributed by atoms with Gasteiger partial charge in [0, 0.05) is 54.7 Å². The summed E-state index contributed by atoms with van der Waals surface area (Å²) in [6, 6.07) is 92.0. The van der Waals surface area contributed by atoms with Crippen molar-refractivity contribution in [1.29, 1.82) is 0 Å². The number of para-hydroxylation sites is 6. The molecule has 0 aliphatic carbocycles. The van der Waals surface area contributed by atoms with Crippen LogP contribution in [-0.2, 0) is 99.8 Å². The number of phenolic OH excluding ortho intramolecular Hbond substituents is 1. The molecule has 17 rings (SSSR count). The number of aromatic nitrogens is 10.